The summed E-state index contributed by atoms with van der Waals surface area (Å²) in [5, 5.41) is 0. The molecule has 2 N–H and O–H groups in total. The number of rotatable bonds is 6. The maximum Gasteiger partial charge on any atom is 0.119 e. The molecule has 0 saturated heterocycles. The average Bonchev–Trinajstić information content (AvgIpc) is 2.46. The van der Waals surface area contributed by atoms with E-state index in [1.54, 1.807) is 0 Å². The topological polar surface area (TPSA) is 35.2 Å². The van der Waals surface area contributed by atoms with Crippen molar-refractivity contribution in [1.29, 1.82) is 0 Å². The van der Waals surface area contributed by atoms with Crippen LogP contribution in [-0.2, 0) is 0 Å². The molecule has 112 valence electrons. The molecule has 2 aromatic carbocycles. The van der Waals surface area contributed by atoms with Gasteiger partial charge in [0.2, 0.25) is 0 Å². The van der Waals surface area contributed by atoms with E-state index in [2.05, 4.69) is 39.0 Å². The summed E-state index contributed by atoms with van der Waals surface area (Å²) < 4.78 is 5.80. The van der Waals surface area contributed by atoms with Crippen LogP contribution < -0.4 is 10.5 Å². The lowest BCUT2D eigenvalue weighted by atomic mass is 10.1. The predicted molar refractivity (Wildman–Crippen MR) is 92.3 cm³/mol. The van der Waals surface area contributed by atoms with Crippen molar-refractivity contribution >= 4 is 17.4 Å². The Morgan fingerprint density at radius 3 is 2.62 bits per heavy atom. The Labute approximate surface area is 131 Å². The molecule has 0 unspecified atom stereocenters. The summed E-state index contributed by atoms with van der Waals surface area (Å²) in [4.78, 5) is 1.26. The molecule has 0 fully saturated rings. The third-order valence-corrected chi connectivity index (χ3v) is 4.87. The van der Waals surface area contributed by atoms with E-state index in [1.165, 1.54) is 21.6 Å². The highest BCUT2D eigenvalue weighted by Gasteiger charge is 2.02. The normalized spacial score (nSPS) is 10.6. The Kier molecular flexibility index (Phi) is 5.57. The summed E-state index contributed by atoms with van der Waals surface area (Å²) in [6.45, 7) is 7.05. The Bertz CT molecular complexity index is 610. The Morgan fingerprint density at radius 2 is 1.86 bits per heavy atom. The molecule has 0 amide bonds. The van der Waals surface area contributed by atoms with Gasteiger partial charge in [-0.3, -0.25) is 0 Å². The van der Waals surface area contributed by atoms with Crippen LogP contribution in [0.4, 0.5) is 5.69 Å². The van der Waals surface area contributed by atoms with E-state index in [0.717, 1.165) is 30.2 Å². The fourth-order valence-corrected chi connectivity index (χ4v) is 3.01. The predicted octanol–water partition coefficient (Wildman–Crippen LogP) is 4.76. The molecule has 2 aromatic rings. The third kappa shape index (κ3) is 4.43. The van der Waals surface area contributed by atoms with Crippen molar-refractivity contribution in [2.75, 3.05) is 18.1 Å². The van der Waals surface area contributed by atoms with Gasteiger partial charge in [-0.25, -0.2) is 0 Å². The van der Waals surface area contributed by atoms with E-state index < -0.39 is 0 Å². The van der Waals surface area contributed by atoms with Gasteiger partial charge in [0.1, 0.15) is 5.75 Å². The molecular formula is C18H23NOS. The Hall–Kier alpha value is -1.61. The molecule has 0 aliphatic carbocycles. The number of hydrogen-bond donors (Lipinski definition) is 1. The largest absolute Gasteiger partial charge is 0.494 e. The van der Waals surface area contributed by atoms with Gasteiger partial charge in [0.15, 0.2) is 0 Å². The smallest absolute Gasteiger partial charge is 0.119 e. The first-order chi connectivity index (χ1) is 10.1. The number of nitrogens with two attached hydrogens (primary N) is 1. The van der Waals surface area contributed by atoms with Gasteiger partial charge in [-0.15, -0.1) is 11.8 Å². The van der Waals surface area contributed by atoms with Gasteiger partial charge in [0, 0.05) is 16.3 Å². The zero-order valence-electron chi connectivity index (χ0n) is 13.0. The molecular weight excluding hydrogens is 278 g/mol. The van der Waals surface area contributed by atoms with Crippen molar-refractivity contribution in [3.05, 3.63) is 53.1 Å². The molecule has 0 saturated carbocycles. The second kappa shape index (κ2) is 7.41. The molecule has 0 atom stereocenters. The quantitative estimate of drug-likeness (QED) is 0.475. The summed E-state index contributed by atoms with van der Waals surface area (Å²) >= 11 is 1.84. The highest BCUT2D eigenvalue weighted by molar-refractivity contribution is 7.99. The van der Waals surface area contributed by atoms with Gasteiger partial charge >= 0.3 is 0 Å². The Balaban J connectivity index is 1.75. The van der Waals surface area contributed by atoms with Crippen molar-refractivity contribution in [3.8, 4) is 5.75 Å². The number of nitrogen functional groups attached to an aromatic ring is 1. The van der Waals surface area contributed by atoms with Crippen molar-refractivity contribution in [2.45, 2.75) is 32.1 Å². The van der Waals surface area contributed by atoms with E-state index >= 15 is 0 Å². The van der Waals surface area contributed by atoms with Gasteiger partial charge in [-0.1, -0.05) is 12.1 Å². The number of aryl methyl sites for hydroxylation is 2. The minimum atomic E-state index is 0.747. The summed E-state index contributed by atoms with van der Waals surface area (Å²) in [5.41, 5.74) is 10.5. The molecule has 0 radical (unpaired) electrons. The van der Waals surface area contributed by atoms with Crippen LogP contribution in [0, 0.1) is 20.8 Å². The van der Waals surface area contributed by atoms with Crippen LogP contribution in [0.25, 0.3) is 0 Å². The van der Waals surface area contributed by atoms with Crippen LogP contribution in [0.5, 0.6) is 5.75 Å². The summed E-state index contributed by atoms with van der Waals surface area (Å²) in [6.07, 6.45) is 1.02. The van der Waals surface area contributed by atoms with E-state index in [-0.39, 0.29) is 0 Å². The number of anilines is 1. The van der Waals surface area contributed by atoms with Crippen molar-refractivity contribution < 1.29 is 4.74 Å². The summed E-state index contributed by atoms with van der Waals surface area (Å²) in [5.74, 6) is 2.00. The highest BCUT2D eigenvalue weighted by Crippen LogP contribution is 2.26. The number of hydrogen-bond acceptors (Lipinski definition) is 3. The third-order valence-electron chi connectivity index (χ3n) is 3.62. The van der Waals surface area contributed by atoms with Crippen LogP contribution in [-0.4, -0.2) is 12.4 Å². The zero-order chi connectivity index (χ0) is 15.2. The van der Waals surface area contributed by atoms with Crippen molar-refractivity contribution in [2.24, 2.45) is 0 Å². The summed E-state index contributed by atoms with van der Waals surface area (Å²) in [6, 6.07) is 12.3. The second-order valence-electron chi connectivity index (χ2n) is 5.27. The lowest BCUT2D eigenvalue weighted by Crippen LogP contribution is -1.99. The molecule has 0 spiro atoms. The summed E-state index contributed by atoms with van der Waals surface area (Å²) in [7, 11) is 0. The molecule has 0 aliphatic heterocycles. The number of ether oxygens (including phenoxy) is 1. The van der Waals surface area contributed by atoms with Crippen molar-refractivity contribution in [3.63, 3.8) is 0 Å². The highest BCUT2D eigenvalue weighted by atomic mass is 32.2. The fourth-order valence-electron chi connectivity index (χ4n) is 2.02. The molecule has 0 aromatic heterocycles. The molecule has 3 heteroatoms. The minimum absolute atomic E-state index is 0.747. The second-order valence-corrected chi connectivity index (χ2v) is 6.40. The SMILES string of the molecule is Cc1ccc(OCCCSc2cccc(N)c2C)cc1C. The molecule has 0 heterocycles. The standard InChI is InChI=1S/C18H23NOS/c1-13-8-9-16(12-14(13)2)20-10-5-11-21-18-7-4-6-17(19)15(18)3/h4,6-9,12H,5,10-11,19H2,1-3H3. The first kappa shape index (κ1) is 15.8. The maximum atomic E-state index is 5.92. The van der Waals surface area contributed by atoms with Crippen LogP contribution >= 0.6 is 11.8 Å². The maximum absolute atomic E-state index is 5.92. The van der Waals surface area contributed by atoms with Crippen LogP contribution in [0.1, 0.15) is 23.1 Å². The van der Waals surface area contributed by atoms with Crippen LogP contribution in [0.2, 0.25) is 0 Å². The minimum Gasteiger partial charge on any atom is -0.494 e. The zero-order valence-corrected chi connectivity index (χ0v) is 13.8. The lowest BCUT2D eigenvalue weighted by molar-refractivity contribution is 0.318. The van der Waals surface area contributed by atoms with E-state index in [0.29, 0.717) is 0 Å². The first-order valence-corrected chi connectivity index (χ1v) is 8.24. The van der Waals surface area contributed by atoms with Gasteiger partial charge < -0.3 is 10.5 Å². The van der Waals surface area contributed by atoms with Crippen molar-refractivity contribution in [1.82, 2.24) is 0 Å². The molecule has 2 nitrogen and oxygen atoms in total. The molecule has 0 bridgehead atoms. The fraction of sp³-hybridized carbons (Fsp3) is 0.333. The monoisotopic (exact) mass is 301 g/mol. The van der Waals surface area contributed by atoms with E-state index in [4.69, 9.17) is 10.5 Å². The lowest BCUT2D eigenvalue weighted by Gasteiger charge is -2.09. The Morgan fingerprint density at radius 1 is 1.05 bits per heavy atom. The van der Waals surface area contributed by atoms with Gasteiger partial charge in [-0.2, -0.15) is 0 Å². The van der Waals surface area contributed by atoms with Crippen LogP contribution in [0.3, 0.4) is 0 Å². The number of benzene rings is 2. The average molecular weight is 301 g/mol. The number of thioether (sulfide) groups is 1. The molecule has 0 aliphatic rings. The van der Waals surface area contributed by atoms with Gasteiger partial charge in [-0.05, 0) is 68.1 Å². The van der Waals surface area contributed by atoms with E-state index in [9.17, 15) is 0 Å². The van der Waals surface area contributed by atoms with E-state index in [1.807, 2.05) is 30.0 Å². The van der Waals surface area contributed by atoms with Gasteiger partial charge in [0.25, 0.3) is 0 Å². The van der Waals surface area contributed by atoms with Gasteiger partial charge in [0.05, 0.1) is 6.61 Å². The van der Waals surface area contributed by atoms with Crippen LogP contribution in [0.15, 0.2) is 41.3 Å². The molecule has 21 heavy (non-hydrogen) atoms. The first-order valence-electron chi connectivity index (χ1n) is 7.26. The molecule has 2 rings (SSSR count).